The summed E-state index contributed by atoms with van der Waals surface area (Å²) in [6.07, 6.45) is 0. The van der Waals surface area contributed by atoms with Crippen LogP contribution in [-0.2, 0) is 0 Å². The van der Waals surface area contributed by atoms with Crippen LogP contribution in [0.5, 0.6) is 0 Å². The van der Waals surface area contributed by atoms with Gasteiger partial charge in [-0.1, -0.05) is 127 Å². The summed E-state index contributed by atoms with van der Waals surface area (Å²) in [5, 5.41) is 2.72. The fourth-order valence-corrected chi connectivity index (χ4v) is 6.14. The second-order valence-corrected chi connectivity index (χ2v) is 10.5. The number of nitrogens with zero attached hydrogens (tertiary/aromatic N) is 1. The molecule has 0 saturated carbocycles. The van der Waals surface area contributed by atoms with Gasteiger partial charge in [0, 0.05) is 38.6 Å². The van der Waals surface area contributed by atoms with Gasteiger partial charge >= 0.3 is 0 Å². The molecule has 0 atom stereocenters. The summed E-state index contributed by atoms with van der Waals surface area (Å²) in [4.78, 5) is 2.19. The first kappa shape index (κ1) is 24.7. The summed E-state index contributed by atoms with van der Waals surface area (Å²) < 4.78 is 2.75. The zero-order valence-corrected chi connectivity index (χ0v) is 22.7. The number of fused-ring (bicyclic) bond motifs is 3. The van der Waals surface area contributed by atoms with Crippen molar-refractivity contribution in [2.75, 3.05) is 11.9 Å². The van der Waals surface area contributed by atoms with E-state index in [1.54, 1.807) is 0 Å². The number of anilines is 2. The van der Waals surface area contributed by atoms with Crippen LogP contribution in [0.3, 0.4) is 0 Å². The van der Waals surface area contributed by atoms with Gasteiger partial charge in [-0.05, 0) is 52.6 Å². The first-order valence-corrected chi connectivity index (χ1v) is 14.0. The van der Waals surface area contributed by atoms with Crippen molar-refractivity contribution in [3.8, 4) is 22.3 Å². The third-order valence-corrected chi connectivity index (χ3v) is 8.21. The van der Waals surface area contributed by atoms with Crippen molar-refractivity contribution in [1.29, 1.82) is 0 Å². The fourth-order valence-electron chi connectivity index (χ4n) is 4.90. The molecular formula is C37H29NS. The highest BCUT2D eigenvalue weighted by molar-refractivity contribution is 7.26. The number of hydrogen-bond donors (Lipinski definition) is 0. The molecule has 6 aromatic carbocycles. The molecule has 0 aliphatic heterocycles. The van der Waals surface area contributed by atoms with Crippen molar-refractivity contribution in [1.82, 2.24) is 0 Å². The fraction of sp³-hybridized carbons (Fsp3) is 0.0270. The zero-order valence-electron chi connectivity index (χ0n) is 21.9. The van der Waals surface area contributed by atoms with E-state index in [2.05, 4.69) is 158 Å². The summed E-state index contributed by atoms with van der Waals surface area (Å²) in [5.74, 6) is 0. The van der Waals surface area contributed by atoms with E-state index in [1.165, 1.54) is 53.8 Å². The highest BCUT2D eigenvalue weighted by atomic mass is 32.1. The molecule has 0 bridgehead atoms. The van der Waals surface area contributed by atoms with Gasteiger partial charge in [0.25, 0.3) is 0 Å². The quantitative estimate of drug-likeness (QED) is 0.223. The minimum Gasteiger partial charge on any atom is -0.345 e. The number of thiophene rings is 1. The molecule has 1 heterocycles. The standard InChI is InChI=1S/C19H17N.C18H12S/c1-20(18-10-6-3-7-11-18)19-14-12-17(13-15-19)16-8-4-2-5-9-16;1-2-7-13(8-3-1)14-10-6-11-16-15-9-4-5-12-17(15)19-18(14)16/h2-15H,1H3;1-12H. The summed E-state index contributed by atoms with van der Waals surface area (Å²) in [5.41, 5.74) is 7.51. The normalized spacial score (nSPS) is 10.7. The smallest absolute Gasteiger partial charge is 0.0433 e. The summed E-state index contributed by atoms with van der Waals surface area (Å²) in [6, 6.07) is 55.4. The highest BCUT2D eigenvalue weighted by Gasteiger charge is 2.09. The lowest BCUT2D eigenvalue weighted by molar-refractivity contribution is 1.21. The summed E-state index contributed by atoms with van der Waals surface area (Å²) in [7, 11) is 2.09. The maximum absolute atomic E-state index is 2.22. The van der Waals surface area contributed by atoms with Gasteiger partial charge < -0.3 is 4.90 Å². The van der Waals surface area contributed by atoms with Crippen molar-refractivity contribution in [3.63, 3.8) is 0 Å². The molecule has 1 nitrogen and oxygen atoms in total. The molecule has 0 N–H and O–H groups in total. The summed E-state index contributed by atoms with van der Waals surface area (Å²) in [6.45, 7) is 0. The highest BCUT2D eigenvalue weighted by Crippen LogP contribution is 2.39. The molecule has 0 fully saturated rings. The third-order valence-electron chi connectivity index (χ3n) is 6.99. The van der Waals surface area contributed by atoms with Crippen LogP contribution < -0.4 is 4.90 Å². The second kappa shape index (κ2) is 11.4. The van der Waals surface area contributed by atoms with Crippen LogP contribution in [0.25, 0.3) is 42.4 Å². The average molecular weight is 520 g/mol. The Kier molecular flexibility index (Phi) is 7.20. The van der Waals surface area contributed by atoms with E-state index in [0.717, 1.165) is 0 Å². The number of hydrogen-bond acceptors (Lipinski definition) is 2. The first-order valence-electron chi connectivity index (χ1n) is 13.2. The van der Waals surface area contributed by atoms with Crippen molar-refractivity contribution in [2.24, 2.45) is 0 Å². The molecule has 7 rings (SSSR count). The van der Waals surface area contributed by atoms with Crippen LogP contribution in [0.1, 0.15) is 0 Å². The van der Waals surface area contributed by atoms with Gasteiger partial charge in [0.1, 0.15) is 0 Å². The molecule has 0 amide bonds. The maximum Gasteiger partial charge on any atom is 0.0433 e. The zero-order chi connectivity index (χ0) is 26.4. The molecule has 0 aliphatic rings. The lowest BCUT2D eigenvalue weighted by Gasteiger charge is -2.19. The Hall–Kier alpha value is -4.66. The molecule has 188 valence electrons. The molecule has 0 unspecified atom stereocenters. The Balaban J connectivity index is 0.000000142. The summed E-state index contributed by atoms with van der Waals surface area (Å²) >= 11 is 1.88. The Labute approximate surface area is 234 Å². The van der Waals surface area contributed by atoms with E-state index in [4.69, 9.17) is 0 Å². The minimum atomic E-state index is 1.19. The van der Waals surface area contributed by atoms with E-state index >= 15 is 0 Å². The van der Waals surface area contributed by atoms with Crippen molar-refractivity contribution in [2.45, 2.75) is 0 Å². The Morgan fingerprint density at radius 1 is 0.410 bits per heavy atom. The minimum absolute atomic E-state index is 1.19. The number of para-hydroxylation sites is 1. The first-order chi connectivity index (χ1) is 19.3. The second-order valence-electron chi connectivity index (χ2n) is 9.45. The molecule has 0 saturated heterocycles. The lowest BCUT2D eigenvalue weighted by Crippen LogP contribution is -2.08. The molecular weight excluding hydrogens is 490 g/mol. The van der Waals surface area contributed by atoms with Crippen molar-refractivity contribution < 1.29 is 0 Å². The SMILES string of the molecule is CN(c1ccccc1)c1ccc(-c2ccccc2)cc1.c1ccc(-c2cccc3c2sc2ccccc23)cc1. The van der Waals surface area contributed by atoms with Gasteiger partial charge in [0.05, 0.1) is 0 Å². The van der Waals surface area contributed by atoms with E-state index < -0.39 is 0 Å². The topological polar surface area (TPSA) is 3.24 Å². The molecule has 2 heteroatoms. The third kappa shape index (κ3) is 5.34. The van der Waals surface area contributed by atoms with Gasteiger partial charge in [-0.25, -0.2) is 0 Å². The van der Waals surface area contributed by atoms with Gasteiger partial charge in [-0.15, -0.1) is 11.3 Å². The van der Waals surface area contributed by atoms with Gasteiger partial charge in [-0.2, -0.15) is 0 Å². The Bertz CT molecular complexity index is 1790. The monoisotopic (exact) mass is 519 g/mol. The Morgan fingerprint density at radius 3 is 1.62 bits per heavy atom. The molecule has 1 aromatic heterocycles. The van der Waals surface area contributed by atoms with Crippen LogP contribution in [0, 0.1) is 0 Å². The predicted molar refractivity (Wildman–Crippen MR) is 171 cm³/mol. The van der Waals surface area contributed by atoms with E-state index in [1.807, 2.05) is 23.5 Å². The average Bonchev–Trinajstić information content (AvgIpc) is 3.41. The molecule has 0 spiro atoms. The number of rotatable bonds is 4. The van der Waals surface area contributed by atoms with Crippen LogP contribution in [0.2, 0.25) is 0 Å². The largest absolute Gasteiger partial charge is 0.345 e. The molecule has 39 heavy (non-hydrogen) atoms. The van der Waals surface area contributed by atoms with Crippen LogP contribution in [0.15, 0.2) is 158 Å². The van der Waals surface area contributed by atoms with Gasteiger partial charge in [-0.3, -0.25) is 0 Å². The van der Waals surface area contributed by atoms with Gasteiger partial charge in [0.15, 0.2) is 0 Å². The van der Waals surface area contributed by atoms with Crippen molar-refractivity contribution in [3.05, 3.63) is 158 Å². The molecule has 7 aromatic rings. The molecule has 0 aliphatic carbocycles. The van der Waals surface area contributed by atoms with Crippen LogP contribution >= 0.6 is 11.3 Å². The van der Waals surface area contributed by atoms with Crippen molar-refractivity contribution >= 4 is 42.9 Å². The van der Waals surface area contributed by atoms with Crippen LogP contribution in [-0.4, -0.2) is 7.05 Å². The van der Waals surface area contributed by atoms with E-state index in [0.29, 0.717) is 0 Å². The Morgan fingerprint density at radius 2 is 0.923 bits per heavy atom. The predicted octanol–water partition coefficient (Wildman–Crippen LogP) is 10.8. The maximum atomic E-state index is 2.22. The number of benzene rings is 6. The van der Waals surface area contributed by atoms with E-state index in [-0.39, 0.29) is 0 Å². The van der Waals surface area contributed by atoms with Crippen LogP contribution in [0.4, 0.5) is 11.4 Å². The van der Waals surface area contributed by atoms with Gasteiger partial charge in [0.2, 0.25) is 0 Å². The van der Waals surface area contributed by atoms with E-state index in [9.17, 15) is 0 Å². The lowest BCUT2D eigenvalue weighted by atomic mass is 10.0. The molecule has 0 radical (unpaired) electrons.